The molecule has 6 heteroatoms. The van der Waals surface area contributed by atoms with Gasteiger partial charge >= 0.3 is 0 Å². The average Bonchev–Trinajstić information content (AvgIpc) is 3.04. The minimum absolute atomic E-state index is 0.0131. The normalized spacial score (nSPS) is 15.6. The maximum Gasteiger partial charge on any atom is 0.240 e. The summed E-state index contributed by atoms with van der Waals surface area (Å²) in [5.74, 6) is 0.780. The first-order valence-corrected chi connectivity index (χ1v) is 9.13. The van der Waals surface area contributed by atoms with E-state index in [1.165, 1.54) is 32.1 Å². The number of ether oxygens (including phenoxy) is 1. The molecular formula is C19H28N4O2. The number of aromatic nitrogens is 2. The molecule has 6 nitrogen and oxygen atoms in total. The Morgan fingerprint density at radius 1 is 1.36 bits per heavy atom. The topological polar surface area (TPSA) is 59.4 Å². The van der Waals surface area contributed by atoms with Crippen LogP contribution < -0.4 is 10.1 Å². The van der Waals surface area contributed by atoms with Gasteiger partial charge in [0.05, 0.1) is 24.5 Å². The molecule has 25 heavy (non-hydrogen) atoms. The van der Waals surface area contributed by atoms with E-state index in [4.69, 9.17) is 4.74 Å². The van der Waals surface area contributed by atoms with Crippen LogP contribution in [0.25, 0.3) is 11.0 Å². The second kappa shape index (κ2) is 8.34. The van der Waals surface area contributed by atoms with Gasteiger partial charge in [0.25, 0.3) is 0 Å². The first-order valence-electron chi connectivity index (χ1n) is 9.13. The minimum Gasteiger partial charge on any atom is -0.497 e. The van der Waals surface area contributed by atoms with Crippen LogP contribution in [0, 0.1) is 0 Å². The maximum atomic E-state index is 12.3. The molecule has 0 atom stereocenters. The van der Waals surface area contributed by atoms with Crippen LogP contribution in [0.15, 0.2) is 24.5 Å². The number of imidazole rings is 1. The van der Waals surface area contributed by atoms with E-state index in [-0.39, 0.29) is 12.5 Å². The summed E-state index contributed by atoms with van der Waals surface area (Å²) in [5, 5.41) is 3.02. The van der Waals surface area contributed by atoms with E-state index >= 15 is 0 Å². The Balaban J connectivity index is 1.49. The first-order chi connectivity index (χ1) is 12.2. The molecule has 0 radical (unpaired) electrons. The molecule has 1 aliphatic carbocycles. The van der Waals surface area contributed by atoms with Crippen LogP contribution in [-0.4, -0.2) is 53.6 Å². The molecule has 0 bridgehead atoms. The van der Waals surface area contributed by atoms with Crippen LogP contribution in [0.2, 0.25) is 0 Å². The van der Waals surface area contributed by atoms with Gasteiger partial charge in [-0.2, -0.15) is 0 Å². The molecule has 1 fully saturated rings. The molecule has 0 aliphatic heterocycles. The zero-order valence-electron chi connectivity index (χ0n) is 15.2. The van der Waals surface area contributed by atoms with Gasteiger partial charge in [0.15, 0.2) is 0 Å². The summed E-state index contributed by atoms with van der Waals surface area (Å²) in [5.41, 5.74) is 1.78. The van der Waals surface area contributed by atoms with Crippen LogP contribution in [0.1, 0.15) is 32.1 Å². The third-order valence-corrected chi connectivity index (χ3v) is 5.13. The molecule has 3 rings (SSSR count). The summed E-state index contributed by atoms with van der Waals surface area (Å²) in [4.78, 5) is 19.0. The van der Waals surface area contributed by atoms with Crippen LogP contribution in [0.4, 0.5) is 0 Å². The van der Waals surface area contributed by atoms with Crippen LogP contribution in [0.3, 0.4) is 0 Å². The van der Waals surface area contributed by atoms with Crippen molar-refractivity contribution in [2.45, 2.75) is 44.7 Å². The smallest absolute Gasteiger partial charge is 0.240 e. The van der Waals surface area contributed by atoms with Crippen molar-refractivity contribution in [3.63, 3.8) is 0 Å². The lowest BCUT2D eigenvalue weighted by Gasteiger charge is -2.31. The van der Waals surface area contributed by atoms with Gasteiger partial charge in [-0.1, -0.05) is 19.3 Å². The Kier molecular flexibility index (Phi) is 5.91. The highest BCUT2D eigenvalue weighted by molar-refractivity contribution is 5.81. The fourth-order valence-electron chi connectivity index (χ4n) is 3.58. The van der Waals surface area contributed by atoms with Crippen molar-refractivity contribution in [1.82, 2.24) is 19.8 Å². The van der Waals surface area contributed by atoms with E-state index in [9.17, 15) is 4.79 Å². The van der Waals surface area contributed by atoms with E-state index in [1.807, 2.05) is 22.8 Å². The fourth-order valence-corrected chi connectivity index (χ4v) is 3.58. The second-order valence-corrected chi connectivity index (χ2v) is 6.85. The van der Waals surface area contributed by atoms with E-state index in [0.29, 0.717) is 12.6 Å². The number of carbonyl (C=O) groups is 1. The summed E-state index contributed by atoms with van der Waals surface area (Å²) in [7, 11) is 3.80. The Bertz CT molecular complexity index is 707. The third-order valence-electron chi connectivity index (χ3n) is 5.13. The molecule has 0 spiro atoms. The third kappa shape index (κ3) is 4.51. The summed E-state index contributed by atoms with van der Waals surface area (Å²) >= 11 is 0. The molecule has 1 N–H and O–H groups in total. The number of fused-ring (bicyclic) bond motifs is 1. The van der Waals surface area contributed by atoms with Gasteiger partial charge in [0.2, 0.25) is 5.91 Å². The van der Waals surface area contributed by atoms with Gasteiger partial charge < -0.3 is 19.5 Å². The molecule has 1 heterocycles. The average molecular weight is 344 g/mol. The predicted molar refractivity (Wildman–Crippen MR) is 98.8 cm³/mol. The zero-order valence-corrected chi connectivity index (χ0v) is 15.2. The van der Waals surface area contributed by atoms with Gasteiger partial charge in [-0.15, -0.1) is 0 Å². The lowest BCUT2D eigenvalue weighted by Crippen LogP contribution is -2.40. The van der Waals surface area contributed by atoms with Gasteiger partial charge in [-0.3, -0.25) is 4.79 Å². The number of nitrogens with one attached hydrogen (secondary N) is 1. The highest BCUT2D eigenvalue weighted by Crippen LogP contribution is 2.21. The second-order valence-electron chi connectivity index (χ2n) is 6.85. The molecule has 0 saturated heterocycles. The summed E-state index contributed by atoms with van der Waals surface area (Å²) in [6.45, 7) is 1.85. The fraction of sp³-hybridized carbons (Fsp3) is 0.579. The molecule has 0 unspecified atom stereocenters. The predicted octanol–water partition coefficient (Wildman–Crippen LogP) is 2.43. The number of hydrogen-bond donors (Lipinski definition) is 1. The van der Waals surface area contributed by atoms with Crippen molar-refractivity contribution in [2.75, 3.05) is 27.2 Å². The standard InChI is InChI=1S/C19H28N4O2/c1-22(15-6-4-3-5-7-15)11-10-20-19(24)13-23-14-21-17-9-8-16(25-2)12-18(17)23/h8-9,12,14-15H,3-7,10-11,13H2,1-2H3,(H,20,24). The van der Waals surface area contributed by atoms with E-state index in [1.54, 1.807) is 13.4 Å². The van der Waals surface area contributed by atoms with Crippen molar-refractivity contribution in [3.05, 3.63) is 24.5 Å². The Hall–Kier alpha value is -2.08. The van der Waals surface area contributed by atoms with E-state index < -0.39 is 0 Å². The monoisotopic (exact) mass is 344 g/mol. The largest absolute Gasteiger partial charge is 0.497 e. The number of benzene rings is 1. The van der Waals surface area contributed by atoms with Crippen molar-refractivity contribution in [3.8, 4) is 5.75 Å². The van der Waals surface area contributed by atoms with Crippen molar-refractivity contribution < 1.29 is 9.53 Å². The first kappa shape index (κ1) is 17.7. The van der Waals surface area contributed by atoms with Gasteiger partial charge in [-0.05, 0) is 32.0 Å². The molecule has 1 aliphatic rings. The lowest BCUT2D eigenvalue weighted by atomic mass is 9.94. The van der Waals surface area contributed by atoms with Crippen molar-refractivity contribution in [2.24, 2.45) is 0 Å². The number of nitrogens with zero attached hydrogens (tertiary/aromatic N) is 3. The maximum absolute atomic E-state index is 12.3. The van der Waals surface area contributed by atoms with Crippen LogP contribution in [-0.2, 0) is 11.3 Å². The van der Waals surface area contributed by atoms with Crippen LogP contribution >= 0.6 is 0 Å². The van der Waals surface area contributed by atoms with E-state index in [0.717, 1.165) is 23.3 Å². The van der Waals surface area contributed by atoms with Crippen LogP contribution in [0.5, 0.6) is 5.75 Å². The number of hydrogen-bond acceptors (Lipinski definition) is 4. The number of likely N-dealkylation sites (N-methyl/N-ethyl adjacent to an activating group) is 1. The van der Waals surface area contributed by atoms with Crippen molar-refractivity contribution >= 4 is 16.9 Å². The Morgan fingerprint density at radius 3 is 2.92 bits per heavy atom. The Labute approximate surface area is 149 Å². The number of rotatable bonds is 7. The molecule has 1 saturated carbocycles. The molecule has 1 aromatic heterocycles. The van der Waals surface area contributed by atoms with Gasteiger partial charge in [0.1, 0.15) is 12.3 Å². The highest BCUT2D eigenvalue weighted by atomic mass is 16.5. The quantitative estimate of drug-likeness (QED) is 0.838. The number of amides is 1. The highest BCUT2D eigenvalue weighted by Gasteiger charge is 2.17. The van der Waals surface area contributed by atoms with E-state index in [2.05, 4.69) is 22.2 Å². The number of methoxy groups -OCH3 is 1. The summed E-state index contributed by atoms with van der Waals surface area (Å²) < 4.78 is 7.11. The number of carbonyl (C=O) groups excluding carboxylic acids is 1. The molecular weight excluding hydrogens is 316 g/mol. The zero-order chi connectivity index (χ0) is 17.6. The summed E-state index contributed by atoms with van der Waals surface area (Å²) in [6, 6.07) is 6.37. The summed E-state index contributed by atoms with van der Waals surface area (Å²) in [6.07, 6.45) is 8.31. The lowest BCUT2D eigenvalue weighted by molar-refractivity contribution is -0.121. The molecule has 2 aromatic rings. The minimum atomic E-state index is 0.0131. The van der Waals surface area contributed by atoms with Crippen molar-refractivity contribution in [1.29, 1.82) is 0 Å². The molecule has 1 aromatic carbocycles. The Morgan fingerprint density at radius 2 is 2.16 bits per heavy atom. The SMILES string of the molecule is COc1ccc2ncn(CC(=O)NCCN(C)C3CCCCC3)c2c1. The van der Waals surface area contributed by atoms with Gasteiger partial charge in [0, 0.05) is 25.2 Å². The molecule has 1 amide bonds. The molecule has 136 valence electrons. The van der Waals surface area contributed by atoms with Gasteiger partial charge in [-0.25, -0.2) is 4.98 Å².